The monoisotopic (exact) mass is 368 g/mol. The van der Waals surface area contributed by atoms with Crippen LogP contribution in [-0.2, 0) is 0 Å². The molecule has 1 aliphatic carbocycles. The maximum absolute atomic E-state index is 6.32. The predicted octanol–water partition coefficient (Wildman–Crippen LogP) is 7.10. The second kappa shape index (κ2) is 6.03. The van der Waals surface area contributed by atoms with Crippen LogP contribution in [-0.4, -0.2) is 0 Å². The summed E-state index contributed by atoms with van der Waals surface area (Å²) in [6.07, 6.45) is 6.52. The quantitative estimate of drug-likeness (QED) is 0.496. The Labute approximate surface area is 132 Å². The van der Waals surface area contributed by atoms with Gasteiger partial charge in [-0.05, 0) is 42.2 Å². The van der Waals surface area contributed by atoms with Crippen molar-refractivity contribution in [2.75, 3.05) is 0 Å². The Balaban J connectivity index is 2.28. The van der Waals surface area contributed by atoms with Crippen LogP contribution in [0, 0.1) is 11.3 Å². The smallest absolute Gasteiger partial charge is 0.0987 e. The molecule has 102 valence electrons. The van der Waals surface area contributed by atoms with Crippen LogP contribution in [0.1, 0.15) is 56.3 Å². The van der Waals surface area contributed by atoms with Crippen molar-refractivity contribution in [1.82, 2.24) is 0 Å². The van der Waals surface area contributed by atoms with E-state index in [2.05, 4.69) is 29.8 Å². The molecule has 0 radical (unpaired) electrons. The van der Waals surface area contributed by atoms with Gasteiger partial charge in [-0.1, -0.05) is 65.8 Å². The third-order valence-corrected chi connectivity index (χ3v) is 6.89. The molecular weight excluding hydrogens is 351 g/mol. The van der Waals surface area contributed by atoms with Crippen molar-refractivity contribution < 1.29 is 0 Å². The first kappa shape index (κ1) is 15.2. The normalized spacial score (nSPS) is 20.6. The third-order valence-electron chi connectivity index (χ3n) is 3.91. The van der Waals surface area contributed by atoms with Crippen LogP contribution in [0.5, 0.6) is 0 Å². The number of halogens is 3. The summed E-state index contributed by atoms with van der Waals surface area (Å²) < 4.78 is 1.63. The number of rotatable bonds is 4. The maximum atomic E-state index is 6.32. The molecule has 1 heterocycles. The van der Waals surface area contributed by atoms with Gasteiger partial charge in [-0.25, -0.2) is 0 Å². The van der Waals surface area contributed by atoms with Gasteiger partial charge >= 0.3 is 0 Å². The summed E-state index contributed by atoms with van der Waals surface area (Å²) in [6.45, 7) is 4.62. The molecule has 1 atom stereocenters. The number of hydrogen-bond acceptors (Lipinski definition) is 1. The molecule has 0 spiro atoms. The summed E-state index contributed by atoms with van der Waals surface area (Å²) in [5.41, 5.74) is 1.55. The lowest BCUT2D eigenvalue weighted by molar-refractivity contribution is 0.230. The zero-order valence-electron chi connectivity index (χ0n) is 10.8. The SMILES string of the molecule is CC(C)CC1(C(Br)c2cc(Cl)sc2Cl)CCCC1. The van der Waals surface area contributed by atoms with Crippen LogP contribution in [0.4, 0.5) is 0 Å². The zero-order valence-corrected chi connectivity index (χ0v) is 14.7. The van der Waals surface area contributed by atoms with E-state index in [1.807, 2.05) is 6.07 Å². The number of thiophene rings is 1. The highest BCUT2D eigenvalue weighted by molar-refractivity contribution is 9.09. The summed E-state index contributed by atoms with van der Waals surface area (Å²) >= 11 is 17.8. The van der Waals surface area contributed by atoms with Crippen molar-refractivity contribution >= 4 is 50.5 Å². The van der Waals surface area contributed by atoms with Gasteiger partial charge in [0, 0.05) is 4.83 Å². The molecule has 1 saturated carbocycles. The summed E-state index contributed by atoms with van der Waals surface area (Å²) in [7, 11) is 0. The topological polar surface area (TPSA) is 0 Å². The highest BCUT2D eigenvalue weighted by Gasteiger charge is 2.42. The van der Waals surface area contributed by atoms with Crippen molar-refractivity contribution in [3.8, 4) is 0 Å². The van der Waals surface area contributed by atoms with Gasteiger partial charge in [0.25, 0.3) is 0 Å². The van der Waals surface area contributed by atoms with E-state index in [1.54, 1.807) is 0 Å². The predicted molar refractivity (Wildman–Crippen MR) is 86.4 cm³/mol. The van der Waals surface area contributed by atoms with Crippen molar-refractivity contribution in [1.29, 1.82) is 0 Å². The Morgan fingerprint density at radius 3 is 2.39 bits per heavy atom. The first-order valence-electron chi connectivity index (χ1n) is 6.53. The molecule has 0 N–H and O–H groups in total. The number of alkyl halides is 1. The fraction of sp³-hybridized carbons (Fsp3) is 0.714. The Kier molecular flexibility index (Phi) is 5.08. The molecule has 1 aliphatic rings. The summed E-state index contributed by atoms with van der Waals surface area (Å²) in [5, 5.41) is 0. The lowest BCUT2D eigenvalue weighted by Gasteiger charge is -2.36. The van der Waals surface area contributed by atoms with Gasteiger partial charge < -0.3 is 0 Å². The lowest BCUT2D eigenvalue weighted by Crippen LogP contribution is -2.24. The molecule has 4 heteroatoms. The van der Waals surface area contributed by atoms with Gasteiger partial charge in [-0.3, -0.25) is 0 Å². The molecule has 0 saturated heterocycles. The molecule has 0 aromatic carbocycles. The van der Waals surface area contributed by atoms with E-state index in [9.17, 15) is 0 Å². The Morgan fingerprint density at radius 1 is 1.33 bits per heavy atom. The average molecular weight is 370 g/mol. The van der Waals surface area contributed by atoms with Gasteiger partial charge in [0.05, 0.1) is 8.67 Å². The largest absolute Gasteiger partial charge is 0.111 e. The Bertz CT molecular complexity index is 408. The molecular formula is C14H19BrCl2S. The van der Waals surface area contributed by atoms with E-state index in [1.165, 1.54) is 49.0 Å². The zero-order chi connectivity index (χ0) is 13.3. The molecule has 0 nitrogen and oxygen atoms in total. The molecule has 0 aliphatic heterocycles. The minimum Gasteiger partial charge on any atom is -0.111 e. The van der Waals surface area contributed by atoms with Crippen molar-refractivity contribution in [3.05, 3.63) is 20.3 Å². The van der Waals surface area contributed by atoms with Gasteiger partial charge in [0.15, 0.2) is 0 Å². The van der Waals surface area contributed by atoms with Crippen molar-refractivity contribution in [2.24, 2.45) is 11.3 Å². The minimum atomic E-state index is 0.339. The summed E-state index contributed by atoms with van der Waals surface area (Å²) in [5.74, 6) is 0.719. The van der Waals surface area contributed by atoms with Crippen LogP contribution in [0.3, 0.4) is 0 Å². The molecule has 18 heavy (non-hydrogen) atoms. The molecule has 0 bridgehead atoms. The van der Waals surface area contributed by atoms with Gasteiger partial charge in [0.1, 0.15) is 0 Å². The van der Waals surface area contributed by atoms with Crippen LogP contribution < -0.4 is 0 Å². The van der Waals surface area contributed by atoms with Gasteiger partial charge in [0.2, 0.25) is 0 Å². The highest BCUT2D eigenvalue weighted by Crippen LogP contribution is 2.57. The second-order valence-corrected chi connectivity index (χ2v) is 9.01. The Morgan fingerprint density at radius 2 is 1.94 bits per heavy atom. The molecule has 1 fully saturated rings. The highest BCUT2D eigenvalue weighted by atomic mass is 79.9. The molecule has 2 rings (SSSR count). The third kappa shape index (κ3) is 3.08. The Hall–Kier alpha value is 0.760. The first-order valence-corrected chi connectivity index (χ1v) is 9.02. The van der Waals surface area contributed by atoms with Crippen molar-refractivity contribution in [3.63, 3.8) is 0 Å². The van der Waals surface area contributed by atoms with Crippen LogP contribution in [0.15, 0.2) is 6.07 Å². The van der Waals surface area contributed by atoms with E-state index in [0.29, 0.717) is 10.2 Å². The molecule has 1 unspecified atom stereocenters. The molecule has 0 amide bonds. The van der Waals surface area contributed by atoms with Gasteiger partial charge in [-0.15, -0.1) is 11.3 Å². The summed E-state index contributed by atoms with van der Waals surface area (Å²) in [4.78, 5) is 0.339. The fourth-order valence-corrected chi connectivity index (χ4v) is 6.13. The van der Waals surface area contributed by atoms with Crippen LogP contribution in [0.25, 0.3) is 0 Å². The fourth-order valence-electron chi connectivity index (χ4n) is 3.31. The van der Waals surface area contributed by atoms with Crippen LogP contribution >= 0.6 is 50.5 Å². The van der Waals surface area contributed by atoms with E-state index >= 15 is 0 Å². The van der Waals surface area contributed by atoms with E-state index in [-0.39, 0.29) is 0 Å². The molecule has 1 aromatic rings. The van der Waals surface area contributed by atoms with Crippen molar-refractivity contribution in [2.45, 2.75) is 50.8 Å². The second-order valence-electron chi connectivity index (χ2n) is 5.81. The average Bonchev–Trinajstić information content (AvgIpc) is 2.84. The van der Waals surface area contributed by atoms with Crippen LogP contribution in [0.2, 0.25) is 8.67 Å². The number of hydrogen-bond donors (Lipinski definition) is 0. The minimum absolute atomic E-state index is 0.339. The van der Waals surface area contributed by atoms with E-state index < -0.39 is 0 Å². The maximum Gasteiger partial charge on any atom is 0.0987 e. The van der Waals surface area contributed by atoms with Gasteiger partial charge in [-0.2, -0.15) is 0 Å². The standard InChI is InChI=1S/C14H19BrCl2S/c1-9(2)8-14(5-3-4-6-14)12(15)10-7-11(16)18-13(10)17/h7,9,12H,3-6,8H2,1-2H3. The lowest BCUT2D eigenvalue weighted by atomic mass is 9.74. The summed E-state index contributed by atoms with van der Waals surface area (Å²) in [6, 6.07) is 2.04. The first-order chi connectivity index (χ1) is 8.44. The van der Waals surface area contributed by atoms with E-state index in [4.69, 9.17) is 23.2 Å². The van der Waals surface area contributed by atoms with E-state index in [0.717, 1.165) is 14.6 Å². The molecule has 1 aromatic heterocycles.